The third-order valence-electron chi connectivity index (χ3n) is 2.36. The monoisotopic (exact) mass is 213 g/mol. The van der Waals surface area contributed by atoms with Gasteiger partial charge in [-0.05, 0) is 18.8 Å². The summed E-state index contributed by atoms with van der Waals surface area (Å²) in [4.78, 5) is 22.5. The van der Waals surface area contributed by atoms with Crippen molar-refractivity contribution in [3.05, 3.63) is 0 Å². The molecule has 0 aliphatic carbocycles. The molecule has 0 aromatic heterocycles. The average Bonchev–Trinajstić information content (AvgIpc) is 2.49. The van der Waals surface area contributed by atoms with Gasteiger partial charge in [0, 0.05) is 6.42 Å². The van der Waals surface area contributed by atoms with Gasteiger partial charge in [-0.3, -0.25) is 9.59 Å². The lowest BCUT2D eigenvalue weighted by Gasteiger charge is -2.18. The van der Waals surface area contributed by atoms with Crippen LogP contribution in [-0.4, -0.2) is 24.0 Å². The third-order valence-corrected chi connectivity index (χ3v) is 2.36. The molecule has 5 nitrogen and oxygen atoms in total. The van der Waals surface area contributed by atoms with Gasteiger partial charge in [0.15, 0.2) is 0 Å². The molecule has 0 aromatic rings. The molecule has 2 atom stereocenters. The summed E-state index contributed by atoms with van der Waals surface area (Å²) in [6.45, 7) is 4.09. The molecular formula is C10H19N3O2. The van der Waals surface area contributed by atoms with E-state index >= 15 is 0 Å². The van der Waals surface area contributed by atoms with Crippen molar-refractivity contribution in [1.82, 2.24) is 10.6 Å². The number of nitrogens with two attached hydrogens (primary N) is 1. The summed E-state index contributed by atoms with van der Waals surface area (Å²) in [5.74, 6) is 0.208. The highest BCUT2D eigenvalue weighted by Gasteiger charge is 2.27. The predicted octanol–water partition coefficient (Wildman–Crippen LogP) is -0.288. The van der Waals surface area contributed by atoms with E-state index in [1.54, 1.807) is 0 Å². The van der Waals surface area contributed by atoms with Crippen molar-refractivity contribution in [3.8, 4) is 0 Å². The molecule has 1 aliphatic rings. The van der Waals surface area contributed by atoms with Crippen LogP contribution in [0.2, 0.25) is 0 Å². The lowest BCUT2D eigenvalue weighted by Crippen LogP contribution is -2.49. The van der Waals surface area contributed by atoms with E-state index in [1.807, 2.05) is 13.8 Å². The number of carbonyl (C=O) groups is 2. The lowest BCUT2D eigenvalue weighted by atomic mass is 10.1. The zero-order valence-corrected chi connectivity index (χ0v) is 9.25. The van der Waals surface area contributed by atoms with Crippen LogP contribution in [0.3, 0.4) is 0 Å². The van der Waals surface area contributed by atoms with Crippen LogP contribution in [0.15, 0.2) is 0 Å². The number of hydrogen-bond donors (Lipinski definition) is 3. The van der Waals surface area contributed by atoms with Gasteiger partial charge in [-0.1, -0.05) is 13.8 Å². The summed E-state index contributed by atoms with van der Waals surface area (Å²) >= 11 is 0. The van der Waals surface area contributed by atoms with Crippen LogP contribution >= 0.6 is 0 Å². The van der Waals surface area contributed by atoms with Crippen LogP contribution in [0.5, 0.6) is 0 Å². The summed E-state index contributed by atoms with van der Waals surface area (Å²) in [6.07, 6.45) is 1.41. The Balaban J connectivity index is 2.32. The highest BCUT2D eigenvalue weighted by atomic mass is 16.2. The maximum absolute atomic E-state index is 11.6. The Morgan fingerprint density at radius 2 is 2.33 bits per heavy atom. The molecule has 5 heteroatoms. The van der Waals surface area contributed by atoms with Crippen LogP contribution in [0.25, 0.3) is 0 Å². The highest BCUT2D eigenvalue weighted by molar-refractivity contribution is 5.90. The van der Waals surface area contributed by atoms with Crippen LogP contribution < -0.4 is 16.4 Å². The van der Waals surface area contributed by atoms with E-state index in [0.29, 0.717) is 18.8 Å². The first-order valence-corrected chi connectivity index (χ1v) is 5.34. The number of amides is 2. The van der Waals surface area contributed by atoms with Crippen LogP contribution in [0.4, 0.5) is 0 Å². The highest BCUT2D eigenvalue weighted by Crippen LogP contribution is 2.07. The van der Waals surface area contributed by atoms with E-state index in [4.69, 9.17) is 5.73 Å². The molecule has 2 amide bonds. The zero-order chi connectivity index (χ0) is 11.4. The van der Waals surface area contributed by atoms with E-state index in [0.717, 1.165) is 6.42 Å². The number of carbonyl (C=O) groups excluding carboxylic acids is 2. The minimum atomic E-state index is -0.393. The quantitative estimate of drug-likeness (QED) is 0.561. The summed E-state index contributed by atoms with van der Waals surface area (Å²) in [7, 11) is 0. The van der Waals surface area contributed by atoms with Crippen molar-refractivity contribution in [2.75, 3.05) is 0 Å². The van der Waals surface area contributed by atoms with Gasteiger partial charge >= 0.3 is 0 Å². The van der Waals surface area contributed by atoms with Gasteiger partial charge < -0.3 is 16.4 Å². The number of nitrogens with one attached hydrogen (secondary N) is 2. The Morgan fingerprint density at radius 3 is 2.80 bits per heavy atom. The fraction of sp³-hybridized carbons (Fsp3) is 0.800. The summed E-state index contributed by atoms with van der Waals surface area (Å²) in [5, 5.41) is 5.30. The average molecular weight is 213 g/mol. The number of hydrogen-bond acceptors (Lipinski definition) is 3. The molecule has 0 bridgehead atoms. The molecule has 1 rings (SSSR count). The predicted molar refractivity (Wildman–Crippen MR) is 56.7 cm³/mol. The lowest BCUT2D eigenvalue weighted by molar-refractivity contribution is -0.126. The first-order chi connectivity index (χ1) is 6.99. The van der Waals surface area contributed by atoms with E-state index in [1.165, 1.54) is 0 Å². The van der Waals surface area contributed by atoms with E-state index < -0.39 is 6.04 Å². The molecule has 0 saturated carbocycles. The van der Waals surface area contributed by atoms with Gasteiger partial charge in [-0.2, -0.15) is 0 Å². The molecule has 0 radical (unpaired) electrons. The third kappa shape index (κ3) is 3.87. The van der Waals surface area contributed by atoms with Crippen molar-refractivity contribution in [1.29, 1.82) is 0 Å². The standard InChI is InChI=1S/C10H19N3O2/c1-6(2)5-8(11)13-10(15)7-3-4-9(14)12-7/h6-8H,3-5,11H2,1-2H3,(H,12,14)(H,13,15)/t7-,8-/m0/s1. The van der Waals surface area contributed by atoms with Gasteiger partial charge in [-0.25, -0.2) is 0 Å². The molecule has 1 saturated heterocycles. The summed E-state index contributed by atoms with van der Waals surface area (Å²) in [5.41, 5.74) is 5.73. The smallest absolute Gasteiger partial charge is 0.243 e. The largest absolute Gasteiger partial charge is 0.344 e. The molecule has 1 heterocycles. The van der Waals surface area contributed by atoms with Gasteiger partial charge in [0.05, 0.1) is 6.17 Å². The van der Waals surface area contributed by atoms with Crippen LogP contribution in [0, 0.1) is 5.92 Å². The van der Waals surface area contributed by atoms with Crippen molar-refractivity contribution in [2.24, 2.45) is 11.7 Å². The molecule has 1 aliphatic heterocycles. The first-order valence-electron chi connectivity index (χ1n) is 5.34. The van der Waals surface area contributed by atoms with Crippen LogP contribution in [0.1, 0.15) is 33.1 Å². The molecule has 0 unspecified atom stereocenters. The maximum Gasteiger partial charge on any atom is 0.243 e. The molecule has 86 valence electrons. The van der Waals surface area contributed by atoms with E-state index in [9.17, 15) is 9.59 Å². The molecular weight excluding hydrogens is 194 g/mol. The van der Waals surface area contributed by atoms with Gasteiger partial charge in [0.2, 0.25) is 11.8 Å². The SMILES string of the molecule is CC(C)C[C@@H](N)NC(=O)[C@@H]1CCC(=O)N1. The second kappa shape index (κ2) is 5.11. The van der Waals surface area contributed by atoms with Crippen molar-refractivity contribution in [3.63, 3.8) is 0 Å². The molecule has 0 aromatic carbocycles. The Labute approximate surface area is 89.8 Å². The maximum atomic E-state index is 11.6. The summed E-state index contributed by atoms with van der Waals surface area (Å²) in [6, 6.07) is -0.393. The van der Waals surface area contributed by atoms with Gasteiger partial charge in [-0.15, -0.1) is 0 Å². The van der Waals surface area contributed by atoms with E-state index in [2.05, 4.69) is 10.6 Å². The Morgan fingerprint density at radius 1 is 1.67 bits per heavy atom. The summed E-state index contributed by atoms with van der Waals surface area (Å²) < 4.78 is 0. The van der Waals surface area contributed by atoms with Gasteiger partial charge in [0.25, 0.3) is 0 Å². The van der Waals surface area contributed by atoms with E-state index in [-0.39, 0.29) is 18.0 Å². The minimum Gasteiger partial charge on any atom is -0.344 e. The van der Waals surface area contributed by atoms with Crippen molar-refractivity contribution >= 4 is 11.8 Å². The Bertz CT molecular complexity index is 253. The first kappa shape index (κ1) is 12.0. The minimum absolute atomic E-state index is 0.0624. The molecule has 15 heavy (non-hydrogen) atoms. The zero-order valence-electron chi connectivity index (χ0n) is 9.25. The van der Waals surface area contributed by atoms with Crippen molar-refractivity contribution in [2.45, 2.75) is 45.3 Å². The Hall–Kier alpha value is -1.10. The molecule has 0 spiro atoms. The molecule has 1 fully saturated rings. The van der Waals surface area contributed by atoms with Gasteiger partial charge in [0.1, 0.15) is 6.04 Å². The topological polar surface area (TPSA) is 84.2 Å². The second-order valence-corrected chi connectivity index (χ2v) is 4.40. The Kier molecular flexibility index (Phi) is 4.08. The van der Waals surface area contributed by atoms with Crippen molar-refractivity contribution < 1.29 is 9.59 Å². The van der Waals surface area contributed by atoms with Crippen LogP contribution in [-0.2, 0) is 9.59 Å². The fourth-order valence-corrected chi connectivity index (χ4v) is 1.66. The number of rotatable bonds is 4. The molecule has 4 N–H and O–H groups in total. The second-order valence-electron chi connectivity index (χ2n) is 4.40. The fourth-order valence-electron chi connectivity index (χ4n) is 1.66. The normalized spacial score (nSPS) is 22.7.